The summed E-state index contributed by atoms with van der Waals surface area (Å²) in [5.41, 5.74) is 1.26. The van der Waals surface area contributed by atoms with Gasteiger partial charge in [-0.15, -0.1) is 0 Å². The summed E-state index contributed by atoms with van der Waals surface area (Å²) < 4.78 is 26.3. The van der Waals surface area contributed by atoms with E-state index in [0.717, 1.165) is 19.5 Å². The average molecular weight is 219 g/mol. The van der Waals surface area contributed by atoms with Crippen molar-refractivity contribution in [1.82, 2.24) is 4.31 Å². The summed E-state index contributed by atoms with van der Waals surface area (Å²) in [4.78, 5) is 0. The highest BCUT2D eigenvalue weighted by atomic mass is 32.2. The van der Waals surface area contributed by atoms with Crippen LogP contribution in [0.2, 0.25) is 0 Å². The molecule has 4 nitrogen and oxygen atoms in total. The lowest BCUT2D eigenvalue weighted by molar-refractivity contribution is -0.508. The highest BCUT2D eigenvalue weighted by Gasteiger charge is 2.33. The van der Waals surface area contributed by atoms with Crippen molar-refractivity contribution in [3.8, 4) is 0 Å². The van der Waals surface area contributed by atoms with Crippen LogP contribution in [0.25, 0.3) is 0 Å². The molecule has 1 unspecified atom stereocenters. The molecule has 0 aromatic heterocycles. The van der Waals surface area contributed by atoms with Gasteiger partial charge in [0, 0.05) is 27.3 Å². The smallest absolute Gasteiger partial charge is 0.211 e. The molecule has 1 heterocycles. The van der Waals surface area contributed by atoms with Crippen molar-refractivity contribution in [3.63, 3.8) is 0 Å². The summed E-state index contributed by atoms with van der Waals surface area (Å²) >= 11 is 0. The minimum absolute atomic E-state index is 0.139. The second-order valence-electron chi connectivity index (χ2n) is 4.11. The maximum atomic E-state index is 11.3. The van der Waals surface area contributed by atoms with Crippen molar-refractivity contribution < 1.29 is 13.0 Å². The maximum absolute atomic E-state index is 11.3. The van der Waals surface area contributed by atoms with E-state index in [1.807, 2.05) is 0 Å². The zero-order valence-corrected chi connectivity index (χ0v) is 10.1. The molecule has 1 aliphatic rings. The van der Waals surface area contributed by atoms with Gasteiger partial charge in [0.05, 0.1) is 12.3 Å². The number of nitrogens with zero attached hydrogens (tertiary/aromatic N) is 2. The van der Waals surface area contributed by atoms with E-state index in [-0.39, 0.29) is 6.04 Å². The van der Waals surface area contributed by atoms with Crippen LogP contribution in [0.4, 0.5) is 0 Å². The minimum Gasteiger partial charge on any atom is -0.236 e. The first kappa shape index (κ1) is 11.7. The van der Waals surface area contributed by atoms with Crippen LogP contribution in [-0.4, -0.2) is 55.4 Å². The van der Waals surface area contributed by atoms with Gasteiger partial charge in [0.2, 0.25) is 10.0 Å². The zero-order chi connectivity index (χ0) is 10.9. The highest BCUT2D eigenvalue weighted by molar-refractivity contribution is 7.88. The van der Waals surface area contributed by atoms with E-state index in [1.54, 1.807) is 7.05 Å². The molecule has 0 N–H and O–H groups in total. The van der Waals surface area contributed by atoms with Crippen LogP contribution in [0.1, 0.15) is 20.3 Å². The summed E-state index contributed by atoms with van der Waals surface area (Å²) in [5.74, 6) is 0. The molecule has 0 radical (unpaired) electrons. The van der Waals surface area contributed by atoms with Crippen LogP contribution in [0.3, 0.4) is 0 Å². The largest absolute Gasteiger partial charge is 0.236 e. The molecular weight excluding hydrogens is 200 g/mol. The first-order chi connectivity index (χ1) is 6.32. The van der Waals surface area contributed by atoms with Crippen LogP contribution in [0.15, 0.2) is 0 Å². The third kappa shape index (κ3) is 2.54. The predicted octanol–water partition coefficient (Wildman–Crippen LogP) is 0.143. The van der Waals surface area contributed by atoms with Crippen LogP contribution in [0, 0.1) is 0 Å². The van der Waals surface area contributed by atoms with Crippen LogP contribution >= 0.6 is 0 Å². The lowest BCUT2D eigenvalue weighted by Crippen LogP contribution is -2.37. The quantitative estimate of drug-likeness (QED) is 0.620. The molecule has 1 fully saturated rings. The standard InChI is InChI=1S/C9H19N2O2S/c1-8(2)11-6-5-9(7-11)10(3)14(4,12)13/h9H,5-7H2,1-4H3/q+1. The number of sulfonamides is 1. The van der Waals surface area contributed by atoms with Gasteiger partial charge in [0.15, 0.2) is 6.54 Å². The first-order valence-corrected chi connectivity index (χ1v) is 6.65. The Bertz CT molecular complexity index is 342. The number of rotatable bonds is 2. The Morgan fingerprint density at radius 1 is 1.43 bits per heavy atom. The summed E-state index contributed by atoms with van der Waals surface area (Å²) in [6.07, 6.45) is 2.19. The van der Waals surface area contributed by atoms with Gasteiger partial charge in [0.1, 0.15) is 12.3 Å². The highest BCUT2D eigenvalue weighted by Crippen LogP contribution is 2.13. The van der Waals surface area contributed by atoms with E-state index >= 15 is 0 Å². The van der Waals surface area contributed by atoms with E-state index in [1.165, 1.54) is 16.3 Å². The molecule has 1 rings (SSSR count). The molecule has 0 bridgehead atoms. The topological polar surface area (TPSA) is 40.4 Å². The Labute approximate surface area is 86.3 Å². The lowest BCUT2D eigenvalue weighted by atomic mass is 10.3. The van der Waals surface area contributed by atoms with Gasteiger partial charge in [-0.05, 0) is 0 Å². The summed E-state index contributed by atoms with van der Waals surface area (Å²) in [5, 5.41) is 0. The fourth-order valence-corrected chi connectivity index (χ4v) is 2.43. The predicted molar refractivity (Wildman–Crippen MR) is 57.4 cm³/mol. The summed E-state index contributed by atoms with van der Waals surface area (Å²) in [6, 6.07) is 0.139. The monoisotopic (exact) mass is 219 g/mol. The Balaban J connectivity index is 2.73. The van der Waals surface area contributed by atoms with Gasteiger partial charge in [-0.1, -0.05) is 0 Å². The van der Waals surface area contributed by atoms with E-state index < -0.39 is 10.0 Å². The van der Waals surface area contributed by atoms with Gasteiger partial charge in [-0.3, -0.25) is 0 Å². The molecule has 82 valence electrons. The molecule has 1 atom stereocenters. The van der Waals surface area contributed by atoms with E-state index in [9.17, 15) is 8.42 Å². The van der Waals surface area contributed by atoms with E-state index in [4.69, 9.17) is 0 Å². The molecule has 1 aliphatic heterocycles. The second-order valence-corrected chi connectivity index (χ2v) is 6.16. The molecule has 0 aromatic carbocycles. The summed E-state index contributed by atoms with van der Waals surface area (Å²) in [7, 11) is -1.38. The number of likely N-dealkylation sites (N-methyl/N-ethyl adjacent to an activating group) is 1. The normalized spacial score (nSPS) is 23.2. The Kier molecular flexibility index (Phi) is 3.32. The fourth-order valence-electron chi connectivity index (χ4n) is 1.72. The second kappa shape index (κ2) is 3.98. The van der Waals surface area contributed by atoms with Gasteiger partial charge in [-0.2, -0.15) is 4.31 Å². The molecular formula is C9H19N2O2S+. The van der Waals surface area contributed by atoms with Gasteiger partial charge in [-0.25, -0.2) is 13.0 Å². The SMILES string of the molecule is CC(C)=[N+]1CCC(N(C)S(C)(=O)=O)C1. The molecule has 14 heavy (non-hydrogen) atoms. The van der Waals surface area contributed by atoms with E-state index in [0.29, 0.717) is 0 Å². The molecule has 5 heteroatoms. The number of hydrogen-bond donors (Lipinski definition) is 0. The molecule has 0 aromatic rings. The molecule has 1 saturated heterocycles. The Hall–Kier alpha value is -0.420. The van der Waals surface area contributed by atoms with Gasteiger partial charge >= 0.3 is 0 Å². The van der Waals surface area contributed by atoms with Crippen molar-refractivity contribution in [3.05, 3.63) is 0 Å². The van der Waals surface area contributed by atoms with Gasteiger partial charge < -0.3 is 0 Å². The Morgan fingerprint density at radius 2 is 2.00 bits per heavy atom. The van der Waals surface area contributed by atoms with Crippen molar-refractivity contribution in [2.45, 2.75) is 26.3 Å². The fraction of sp³-hybridized carbons (Fsp3) is 0.889. The average Bonchev–Trinajstić information content (AvgIpc) is 2.48. The number of hydrogen-bond acceptors (Lipinski definition) is 2. The van der Waals surface area contributed by atoms with Crippen molar-refractivity contribution >= 4 is 15.7 Å². The Morgan fingerprint density at radius 3 is 2.36 bits per heavy atom. The van der Waals surface area contributed by atoms with Gasteiger partial charge in [0.25, 0.3) is 0 Å². The lowest BCUT2D eigenvalue weighted by Gasteiger charge is -2.17. The minimum atomic E-state index is -3.04. The third-order valence-electron chi connectivity index (χ3n) is 2.83. The first-order valence-electron chi connectivity index (χ1n) is 4.80. The molecule has 0 spiro atoms. The van der Waals surface area contributed by atoms with Crippen LogP contribution in [0.5, 0.6) is 0 Å². The van der Waals surface area contributed by atoms with Crippen LogP contribution < -0.4 is 0 Å². The molecule has 0 amide bonds. The third-order valence-corrected chi connectivity index (χ3v) is 4.18. The summed E-state index contributed by atoms with van der Waals surface area (Å²) in [6.45, 7) is 5.91. The van der Waals surface area contributed by atoms with E-state index in [2.05, 4.69) is 18.4 Å². The van der Waals surface area contributed by atoms with Crippen molar-refractivity contribution in [2.24, 2.45) is 0 Å². The van der Waals surface area contributed by atoms with Crippen LogP contribution in [-0.2, 0) is 10.0 Å². The van der Waals surface area contributed by atoms with Crippen molar-refractivity contribution in [1.29, 1.82) is 0 Å². The molecule has 0 aliphatic carbocycles. The zero-order valence-electron chi connectivity index (χ0n) is 9.32. The van der Waals surface area contributed by atoms with Crippen molar-refractivity contribution in [2.75, 3.05) is 26.4 Å². The maximum Gasteiger partial charge on any atom is 0.211 e. The molecule has 0 saturated carbocycles.